The van der Waals surface area contributed by atoms with Gasteiger partial charge in [-0.3, -0.25) is 4.90 Å². The van der Waals surface area contributed by atoms with E-state index in [0.717, 1.165) is 42.6 Å². The second kappa shape index (κ2) is 8.49. The van der Waals surface area contributed by atoms with E-state index in [2.05, 4.69) is 22.2 Å². The minimum Gasteiger partial charge on any atom is -0.390 e. The van der Waals surface area contributed by atoms with Gasteiger partial charge in [0.1, 0.15) is 0 Å². The highest BCUT2D eigenvalue weighted by molar-refractivity contribution is 6.01. The molecule has 26 heavy (non-hydrogen) atoms. The van der Waals surface area contributed by atoms with E-state index in [4.69, 9.17) is 0 Å². The third kappa shape index (κ3) is 4.72. The number of rotatable bonds is 5. The lowest BCUT2D eigenvalue weighted by Gasteiger charge is -2.34. The van der Waals surface area contributed by atoms with E-state index in [1.54, 1.807) is 11.9 Å². The molecule has 1 aliphatic heterocycles. The molecule has 2 amide bonds. The van der Waals surface area contributed by atoms with Crippen molar-refractivity contribution in [3.63, 3.8) is 0 Å². The summed E-state index contributed by atoms with van der Waals surface area (Å²) in [5.74, 6) is 0. The maximum absolute atomic E-state index is 12.5. The van der Waals surface area contributed by atoms with Gasteiger partial charge in [0.15, 0.2) is 0 Å². The molecule has 0 radical (unpaired) electrons. The number of urea groups is 1. The van der Waals surface area contributed by atoms with Crippen LogP contribution in [0.15, 0.2) is 42.5 Å². The van der Waals surface area contributed by atoms with Crippen LogP contribution in [0.5, 0.6) is 0 Å². The zero-order valence-electron chi connectivity index (χ0n) is 15.6. The quantitative estimate of drug-likeness (QED) is 0.859. The van der Waals surface area contributed by atoms with Crippen LogP contribution in [0.3, 0.4) is 0 Å². The fraction of sp³-hybridized carbons (Fsp3) is 0.450. The molecular weight excluding hydrogens is 328 g/mol. The van der Waals surface area contributed by atoms with Gasteiger partial charge in [-0.2, -0.15) is 0 Å². The Labute approximate surface area is 155 Å². The van der Waals surface area contributed by atoms with E-state index in [0.29, 0.717) is 13.1 Å². The van der Waals surface area contributed by atoms with Gasteiger partial charge in [0, 0.05) is 51.7 Å². The summed E-state index contributed by atoms with van der Waals surface area (Å²) in [5.41, 5.74) is 0.786. The van der Waals surface area contributed by atoms with Crippen LogP contribution in [-0.2, 0) is 0 Å². The summed E-state index contributed by atoms with van der Waals surface area (Å²) in [5, 5.41) is 15.4. The number of carbonyl (C=O) groups is 1. The number of likely N-dealkylation sites (N-methyl/N-ethyl adjacent to an activating group) is 2. The molecule has 0 bridgehead atoms. The summed E-state index contributed by atoms with van der Waals surface area (Å²) in [6, 6.07) is 13.6. The second-order valence-corrected chi connectivity index (χ2v) is 7.10. The van der Waals surface area contributed by atoms with Gasteiger partial charge in [0.2, 0.25) is 0 Å². The summed E-state index contributed by atoms with van der Waals surface area (Å²) < 4.78 is 0. The van der Waals surface area contributed by atoms with E-state index in [9.17, 15) is 9.90 Å². The van der Waals surface area contributed by atoms with Crippen molar-refractivity contribution in [2.24, 2.45) is 0 Å². The molecule has 1 fully saturated rings. The molecular formula is C20H28N4O2. The average Bonchev–Trinajstić information content (AvgIpc) is 2.64. The average molecular weight is 356 g/mol. The van der Waals surface area contributed by atoms with Crippen LogP contribution in [0.2, 0.25) is 0 Å². The van der Waals surface area contributed by atoms with Gasteiger partial charge in [-0.05, 0) is 18.5 Å². The van der Waals surface area contributed by atoms with Gasteiger partial charge < -0.3 is 20.2 Å². The zero-order chi connectivity index (χ0) is 18.5. The predicted molar refractivity (Wildman–Crippen MR) is 106 cm³/mol. The molecule has 2 aromatic rings. The molecule has 0 saturated carbocycles. The van der Waals surface area contributed by atoms with Crippen molar-refractivity contribution in [1.29, 1.82) is 0 Å². The first-order valence-electron chi connectivity index (χ1n) is 9.12. The number of amides is 2. The molecule has 1 saturated heterocycles. The smallest absolute Gasteiger partial charge is 0.321 e. The highest BCUT2D eigenvalue weighted by Gasteiger charge is 2.20. The Morgan fingerprint density at radius 3 is 2.62 bits per heavy atom. The SMILES string of the molecule is CN1CCN(C[C@@H](O)CN(C)C(=O)Nc2cccc3ccccc23)CC1. The molecule has 2 aromatic carbocycles. The highest BCUT2D eigenvalue weighted by Crippen LogP contribution is 2.23. The normalized spacial score (nSPS) is 17.2. The molecule has 6 heteroatoms. The number of fused-ring (bicyclic) bond motifs is 1. The van der Waals surface area contributed by atoms with Crippen molar-refractivity contribution in [3.05, 3.63) is 42.5 Å². The number of hydrogen-bond donors (Lipinski definition) is 2. The van der Waals surface area contributed by atoms with Crippen LogP contribution in [0.4, 0.5) is 10.5 Å². The number of hydrogen-bond acceptors (Lipinski definition) is 4. The van der Waals surface area contributed by atoms with Gasteiger partial charge >= 0.3 is 6.03 Å². The van der Waals surface area contributed by atoms with Crippen molar-refractivity contribution in [3.8, 4) is 0 Å². The summed E-state index contributed by atoms with van der Waals surface area (Å²) in [7, 11) is 3.83. The summed E-state index contributed by atoms with van der Waals surface area (Å²) in [6.45, 7) is 4.86. The first kappa shape index (κ1) is 18.6. The Morgan fingerprint density at radius 1 is 1.15 bits per heavy atom. The summed E-state index contributed by atoms with van der Waals surface area (Å²) in [6.07, 6.45) is -0.554. The standard InChI is InChI=1S/C20H28N4O2/c1-22-10-12-24(13-11-22)15-17(25)14-23(2)20(26)21-19-9-5-7-16-6-3-4-8-18(16)19/h3-9,17,25H,10-15H2,1-2H3,(H,21,26)/t17-/m0/s1. The van der Waals surface area contributed by atoms with Crippen LogP contribution in [0, 0.1) is 0 Å². The fourth-order valence-electron chi connectivity index (χ4n) is 3.33. The van der Waals surface area contributed by atoms with Gasteiger partial charge in [0.05, 0.1) is 11.8 Å². The molecule has 0 spiro atoms. The first-order valence-corrected chi connectivity index (χ1v) is 9.12. The number of anilines is 1. The zero-order valence-corrected chi connectivity index (χ0v) is 15.6. The maximum Gasteiger partial charge on any atom is 0.321 e. The lowest BCUT2D eigenvalue weighted by Crippen LogP contribution is -2.49. The predicted octanol–water partition coefficient (Wildman–Crippen LogP) is 1.91. The van der Waals surface area contributed by atoms with Gasteiger partial charge in [-0.1, -0.05) is 36.4 Å². The van der Waals surface area contributed by atoms with E-state index in [1.165, 1.54) is 0 Å². The lowest BCUT2D eigenvalue weighted by molar-refractivity contribution is 0.0670. The Hall–Kier alpha value is -2.15. The van der Waals surface area contributed by atoms with Gasteiger partial charge in [-0.25, -0.2) is 4.79 Å². The number of benzene rings is 2. The number of aliphatic hydroxyl groups excluding tert-OH is 1. The second-order valence-electron chi connectivity index (χ2n) is 7.10. The molecule has 0 unspecified atom stereocenters. The van der Waals surface area contributed by atoms with Gasteiger partial charge in [-0.15, -0.1) is 0 Å². The number of carbonyl (C=O) groups excluding carboxylic acids is 1. The van der Waals surface area contributed by atoms with Crippen molar-refractivity contribution in [2.75, 3.05) is 58.7 Å². The van der Waals surface area contributed by atoms with E-state index in [-0.39, 0.29) is 6.03 Å². The Bertz CT molecular complexity index is 738. The lowest BCUT2D eigenvalue weighted by atomic mass is 10.1. The summed E-state index contributed by atoms with van der Waals surface area (Å²) >= 11 is 0. The minimum absolute atomic E-state index is 0.209. The topological polar surface area (TPSA) is 59.1 Å². The minimum atomic E-state index is -0.554. The van der Waals surface area contributed by atoms with Crippen LogP contribution < -0.4 is 5.32 Å². The van der Waals surface area contributed by atoms with E-state index >= 15 is 0 Å². The Kier molecular flexibility index (Phi) is 6.08. The molecule has 140 valence electrons. The van der Waals surface area contributed by atoms with Gasteiger partial charge in [0.25, 0.3) is 0 Å². The van der Waals surface area contributed by atoms with Crippen LogP contribution in [0.1, 0.15) is 0 Å². The van der Waals surface area contributed by atoms with E-state index in [1.807, 2.05) is 42.5 Å². The molecule has 1 atom stereocenters. The molecule has 2 N–H and O–H groups in total. The number of β-amino-alcohol motifs (C(OH)–C–C–N with tert-alkyl or cyclic N) is 1. The number of nitrogens with one attached hydrogen (secondary N) is 1. The number of aliphatic hydroxyl groups is 1. The molecule has 3 rings (SSSR count). The van der Waals surface area contributed by atoms with Crippen LogP contribution in [-0.4, -0.2) is 85.3 Å². The fourth-order valence-corrected chi connectivity index (χ4v) is 3.33. The van der Waals surface area contributed by atoms with Crippen molar-refractivity contribution in [2.45, 2.75) is 6.10 Å². The number of piperazine rings is 1. The maximum atomic E-state index is 12.5. The van der Waals surface area contributed by atoms with Crippen molar-refractivity contribution >= 4 is 22.5 Å². The molecule has 0 aliphatic carbocycles. The Balaban J connectivity index is 1.54. The summed E-state index contributed by atoms with van der Waals surface area (Å²) in [4.78, 5) is 18.6. The highest BCUT2D eigenvalue weighted by atomic mass is 16.3. The monoisotopic (exact) mass is 356 g/mol. The molecule has 6 nitrogen and oxygen atoms in total. The van der Waals surface area contributed by atoms with E-state index < -0.39 is 6.10 Å². The first-order chi connectivity index (χ1) is 12.5. The molecule has 1 heterocycles. The van der Waals surface area contributed by atoms with Crippen molar-refractivity contribution < 1.29 is 9.90 Å². The third-order valence-corrected chi connectivity index (χ3v) is 4.93. The number of nitrogens with zero attached hydrogens (tertiary/aromatic N) is 3. The molecule has 1 aliphatic rings. The van der Waals surface area contributed by atoms with Crippen molar-refractivity contribution in [1.82, 2.24) is 14.7 Å². The van der Waals surface area contributed by atoms with Crippen LogP contribution >= 0.6 is 0 Å². The largest absolute Gasteiger partial charge is 0.390 e. The Morgan fingerprint density at radius 2 is 1.85 bits per heavy atom. The van der Waals surface area contributed by atoms with Crippen LogP contribution in [0.25, 0.3) is 10.8 Å². The third-order valence-electron chi connectivity index (χ3n) is 4.93. The molecule has 0 aromatic heterocycles.